The van der Waals surface area contributed by atoms with Crippen LogP contribution in [0, 0.1) is 23.7 Å². The largest absolute Gasteiger partial charge is 0.388 e. The minimum absolute atomic E-state index is 0.356. The fourth-order valence-electron chi connectivity index (χ4n) is 4.61. The number of aliphatic hydroxyl groups is 1. The molecule has 3 aliphatic rings. The third kappa shape index (κ3) is 1.04. The third-order valence-electron chi connectivity index (χ3n) is 5.11. The number of hydrogen-bond acceptors (Lipinski definition) is 2. The summed E-state index contributed by atoms with van der Waals surface area (Å²) in [5, 5.41) is 14.0. The summed E-state index contributed by atoms with van der Waals surface area (Å²) in [7, 11) is 1.96. The number of likely N-dealkylation sites (N-methyl/N-ethyl adjacent to an activating group) is 1. The summed E-state index contributed by atoms with van der Waals surface area (Å²) >= 11 is 0. The summed E-state index contributed by atoms with van der Waals surface area (Å²) in [6, 6.07) is 0. The van der Waals surface area contributed by atoms with Gasteiger partial charge in [0.1, 0.15) is 0 Å². The molecule has 0 aromatic heterocycles. The summed E-state index contributed by atoms with van der Waals surface area (Å²) in [5.74, 6) is 3.01. The van der Waals surface area contributed by atoms with Crippen LogP contribution in [0.4, 0.5) is 0 Å². The molecule has 3 rings (SSSR count). The Morgan fingerprint density at radius 1 is 1.29 bits per heavy atom. The number of hydrogen-bond donors (Lipinski definition) is 2. The lowest BCUT2D eigenvalue weighted by Crippen LogP contribution is -2.56. The van der Waals surface area contributed by atoms with Crippen LogP contribution in [0.15, 0.2) is 0 Å². The summed E-state index contributed by atoms with van der Waals surface area (Å²) in [6.07, 6.45) is 6.67. The first-order valence-corrected chi connectivity index (χ1v) is 6.11. The van der Waals surface area contributed by atoms with Gasteiger partial charge in [-0.1, -0.05) is 0 Å². The molecule has 3 aliphatic carbocycles. The lowest BCUT2D eigenvalue weighted by molar-refractivity contribution is -0.120. The molecule has 0 aromatic rings. The maximum atomic E-state index is 10.8. The molecule has 0 aromatic carbocycles. The maximum Gasteiger partial charge on any atom is 0.0830 e. The van der Waals surface area contributed by atoms with Gasteiger partial charge in [0.15, 0.2) is 0 Å². The van der Waals surface area contributed by atoms with Gasteiger partial charge < -0.3 is 10.4 Å². The van der Waals surface area contributed by atoms with E-state index in [2.05, 4.69) is 5.32 Å². The van der Waals surface area contributed by atoms with E-state index in [1.165, 1.54) is 32.1 Å². The molecule has 0 spiro atoms. The average Bonchev–Trinajstić information content (AvgIpc) is 2.36. The van der Waals surface area contributed by atoms with Gasteiger partial charge in [0, 0.05) is 6.54 Å². The van der Waals surface area contributed by atoms with E-state index in [0.717, 1.165) is 18.4 Å². The highest BCUT2D eigenvalue weighted by Gasteiger charge is 2.57. The Hall–Kier alpha value is -0.0800. The Bertz CT molecular complexity index is 242. The fraction of sp³-hybridized carbons (Fsp3) is 1.00. The average molecular weight is 195 g/mol. The van der Waals surface area contributed by atoms with Gasteiger partial charge in [-0.2, -0.15) is 0 Å². The molecular weight excluding hydrogens is 174 g/mol. The van der Waals surface area contributed by atoms with Gasteiger partial charge in [-0.25, -0.2) is 0 Å². The number of rotatable bonds is 2. The smallest absolute Gasteiger partial charge is 0.0830 e. The molecule has 0 amide bonds. The molecule has 5 atom stereocenters. The summed E-state index contributed by atoms with van der Waals surface area (Å²) in [6.45, 7) is 0.811. The Morgan fingerprint density at radius 2 is 2.14 bits per heavy atom. The lowest BCUT2D eigenvalue weighted by Gasteiger charge is -2.49. The minimum Gasteiger partial charge on any atom is -0.388 e. The van der Waals surface area contributed by atoms with E-state index >= 15 is 0 Å². The van der Waals surface area contributed by atoms with E-state index in [1.807, 2.05) is 7.05 Å². The van der Waals surface area contributed by atoms with Crippen LogP contribution in [-0.4, -0.2) is 24.3 Å². The van der Waals surface area contributed by atoms with Crippen molar-refractivity contribution >= 4 is 0 Å². The molecule has 0 radical (unpaired) electrons. The predicted octanol–water partition coefficient (Wildman–Crippen LogP) is 1.39. The van der Waals surface area contributed by atoms with E-state index in [0.29, 0.717) is 11.8 Å². The molecule has 3 saturated carbocycles. The zero-order valence-corrected chi connectivity index (χ0v) is 9.00. The van der Waals surface area contributed by atoms with E-state index in [4.69, 9.17) is 0 Å². The first-order valence-electron chi connectivity index (χ1n) is 6.11. The molecular formula is C12H21NO. The van der Waals surface area contributed by atoms with E-state index < -0.39 is 0 Å². The zero-order chi connectivity index (χ0) is 9.76. The molecule has 3 fully saturated rings. The fourth-order valence-corrected chi connectivity index (χ4v) is 4.61. The van der Waals surface area contributed by atoms with E-state index in [1.54, 1.807) is 0 Å². The van der Waals surface area contributed by atoms with Gasteiger partial charge in [0.05, 0.1) is 5.60 Å². The van der Waals surface area contributed by atoms with Gasteiger partial charge in [-0.15, -0.1) is 0 Å². The third-order valence-corrected chi connectivity index (χ3v) is 5.11. The topological polar surface area (TPSA) is 32.3 Å². The van der Waals surface area contributed by atoms with Gasteiger partial charge in [-0.3, -0.25) is 0 Å². The Kier molecular flexibility index (Phi) is 1.94. The highest BCUT2D eigenvalue weighted by molar-refractivity contribution is 5.09. The highest BCUT2D eigenvalue weighted by Crippen LogP contribution is 2.59. The zero-order valence-electron chi connectivity index (χ0n) is 9.00. The minimum atomic E-state index is -0.356. The van der Waals surface area contributed by atoms with Crippen LogP contribution in [0.1, 0.15) is 32.1 Å². The van der Waals surface area contributed by atoms with Crippen LogP contribution in [-0.2, 0) is 0 Å². The molecule has 0 saturated heterocycles. The second-order valence-corrected chi connectivity index (χ2v) is 5.74. The van der Waals surface area contributed by atoms with Crippen LogP contribution in [0.25, 0.3) is 0 Å². The first-order chi connectivity index (χ1) is 6.74. The quantitative estimate of drug-likeness (QED) is 0.698. The first kappa shape index (κ1) is 9.17. The number of fused-ring (bicyclic) bond motifs is 2. The van der Waals surface area contributed by atoms with Gasteiger partial charge >= 0.3 is 0 Å². The Morgan fingerprint density at radius 3 is 2.93 bits per heavy atom. The van der Waals surface area contributed by atoms with Crippen LogP contribution < -0.4 is 5.32 Å². The molecule has 2 heteroatoms. The van der Waals surface area contributed by atoms with Crippen molar-refractivity contribution in [2.45, 2.75) is 37.7 Å². The van der Waals surface area contributed by atoms with Crippen LogP contribution in [0.3, 0.4) is 0 Å². The normalized spacial score (nSPS) is 55.3. The van der Waals surface area contributed by atoms with Crippen molar-refractivity contribution in [3.63, 3.8) is 0 Å². The molecule has 80 valence electrons. The summed E-state index contributed by atoms with van der Waals surface area (Å²) < 4.78 is 0. The molecule has 5 unspecified atom stereocenters. The lowest BCUT2D eigenvalue weighted by atomic mass is 9.61. The molecule has 14 heavy (non-hydrogen) atoms. The standard InChI is InChI=1S/C12H21NO/c1-13-7-12(14)10-3-2-9-4-8(5-10)6-11(9)12/h8-11,13-14H,2-7H2,1H3. The van der Waals surface area contributed by atoms with Crippen molar-refractivity contribution in [1.82, 2.24) is 5.32 Å². The van der Waals surface area contributed by atoms with Crippen molar-refractivity contribution in [3.8, 4) is 0 Å². The molecule has 3 bridgehead atoms. The molecule has 2 N–H and O–H groups in total. The molecule has 0 heterocycles. The predicted molar refractivity (Wildman–Crippen MR) is 55.9 cm³/mol. The summed E-state index contributed by atoms with van der Waals surface area (Å²) in [5.41, 5.74) is -0.356. The van der Waals surface area contributed by atoms with Gasteiger partial charge in [0.2, 0.25) is 0 Å². The second kappa shape index (κ2) is 2.96. The maximum absolute atomic E-state index is 10.8. The SMILES string of the molecule is CNCC1(O)C2CCC3CC(C2)CC31. The van der Waals surface area contributed by atoms with E-state index in [-0.39, 0.29) is 5.60 Å². The highest BCUT2D eigenvalue weighted by atomic mass is 16.3. The van der Waals surface area contributed by atoms with Crippen molar-refractivity contribution in [2.75, 3.05) is 13.6 Å². The summed E-state index contributed by atoms with van der Waals surface area (Å²) in [4.78, 5) is 0. The van der Waals surface area contributed by atoms with Crippen molar-refractivity contribution in [1.29, 1.82) is 0 Å². The van der Waals surface area contributed by atoms with Gasteiger partial charge in [-0.05, 0) is 62.8 Å². The second-order valence-electron chi connectivity index (χ2n) is 5.74. The van der Waals surface area contributed by atoms with Crippen LogP contribution in [0.5, 0.6) is 0 Å². The van der Waals surface area contributed by atoms with Gasteiger partial charge in [0.25, 0.3) is 0 Å². The number of nitrogens with one attached hydrogen (secondary N) is 1. The van der Waals surface area contributed by atoms with Crippen molar-refractivity contribution < 1.29 is 5.11 Å². The van der Waals surface area contributed by atoms with Crippen LogP contribution >= 0.6 is 0 Å². The van der Waals surface area contributed by atoms with Crippen LogP contribution in [0.2, 0.25) is 0 Å². The van der Waals surface area contributed by atoms with E-state index in [9.17, 15) is 5.11 Å². The molecule has 2 nitrogen and oxygen atoms in total. The Labute approximate surface area is 86.1 Å². The van der Waals surface area contributed by atoms with Crippen molar-refractivity contribution in [2.24, 2.45) is 23.7 Å². The molecule has 0 aliphatic heterocycles. The Balaban J connectivity index is 1.92. The van der Waals surface area contributed by atoms with Crippen molar-refractivity contribution in [3.05, 3.63) is 0 Å². The monoisotopic (exact) mass is 195 g/mol.